The molecule has 0 atom stereocenters. The van der Waals surface area contributed by atoms with Crippen LogP contribution in [0.4, 0.5) is 10.5 Å². The molecule has 0 saturated carbocycles. The third-order valence-electron chi connectivity index (χ3n) is 4.78. The number of nitrogens with zero attached hydrogens (tertiary/aromatic N) is 3. The standard InChI is InChI=1S/C22H19ClN4O2/c1-13-5-4-6-14(2)20(13)25-22(28)27-18(11-12-24-27)19-15(3)29-26-21(19)16-7-9-17(23)10-8-16/h4-12H,1-3H3,(H,25,28). The quantitative estimate of drug-likeness (QED) is 0.462. The smallest absolute Gasteiger partial charge is 0.347 e. The number of aryl methyl sites for hydroxylation is 3. The van der Waals surface area contributed by atoms with Crippen molar-refractivity contribution < 1.29 is 9.32 Å². The van der Waals surface area contributed by atoms with Gasteiger partial charge in [0.15, 0.2) is 0 Å². The number of para-hydroxylation sites is 1. The number of halogens is 1. The van der Waals surface area contributed by atoms with Gasteiger partial charge in [0.1, 0.15) is 11.5 Å². The molecule has 0 aliphatic heterocycles. The van der Waals surface area contributed by atoms with Crippen LogP contribution in [-0.4, -0.2) is 21.0 Å². The first-order valence-electron chi connectivity index (χ1n) is 9.10. The van der Waals surface area contributed by atoms with Crippen LogP contribution in [0.15, 0.2) is 59.3 Å². The van der Waals surface area contributed by atoms with E-state index in [0.29, 0.717) is 27.7 Å². The zero-order valence-corrected chi connectivity index (χ0v) is 17.0. The molecule has 0 radical (unpaired) electrons. The van der Waals surface area contributed by atoms with Crippen LogP contribution in [0.3, 0.4) is 0 Å². The molecule has 2 aromatic heterocycles. The summed E-state index contributed by atoms with van der Waals surface area (Å²) in [6.45, 7) is 5.72. The van der Waals surface area contributed by atoms with Crippen molar-refractivity contribution in [3.63, 3.8) is 0 Å². The molecule has 1 amide bonds. The minimum Gasteiger partial charge on any atom is -0.360 e. The number of amides is 1. The SMILES string of the molecule is Cc1cccc(C)c1NC(=O)n1nccc1-c1c(-c2ccc(Cl)cc2)noc1C. The molecular weight excluding hydrogens is 388 g/mol. The second kappa shape index (κ2) is 7.56. The van der Waals surface area contributed by atoms with Gasteiger partial charge in [0.2, 0.25) is 0 Å². The first kappa shape index (κ1) is 19.0. The first-order chi connectivity index (χ1) is 14.0. The number of aromatic nitrogens is 3. The van der Waals surface area contributed by atoms with Crippen LogP contribution in [0.25, 0.3) is 22.5 Å². The van der Waals surface area contributed by atoms with Crippen LogP contribution in [0.5, 0.6) is 0 Å². The number of nitrogens with one attached hydrogen (secondary N) is 1. The summed E-state index contributed by atoms with van der Waals surface area (Å²) in [6, 6.07) is 14.6. The zero-order chi connectivity index (χ0) is 20.5. The fraction of sp³-hybridized carbons (Fsp3) is 0.136. The molecule has 7 heteroatoms. The van der Waals surface area contributed by atoms with Crippen LogP contribution in [0, 0.1) is 20.8 Å². The molecule has 2 heterocycles. The Morgan fingerprint density at radius 3 is 2.41 bits per heavy atom. The largest absolute Gasteiger partial charge is 0.360 e. The van der Waals surface area contributed by atoms with E-state index < -0.39 is 0 Å². The van der Waals surface area contributed by atoms with Crippen molar-refractivity contribution in [1.82, 2.24) is 14.9 Å². The van der Waals surface area contributed by atoms with Crippen LogP contribution < -0.4 is 5.32 Å². The molecule has 1 N–H and O–H groups in total. The minimum atomic E-state index is -0.356. The predicted molar refractivity (Wildman–Crippen MR) is 113 cm³/mol. The third-order valence-corrected chi connectivity index (χ3v) is 5.04. The predicted octanol–water partition coefficient (Wildman–Crippen LogP) is 5.86. The maximum atomic E-state index is 13.0. The Morgan fingerprint density at radius 1 is 1.03 bits per heavy atom. The molecule has 4 rings (SSSR count). The van der Waals surface area contributed by atoms with Crippen molar-refractivity contribution in [2.45, 2.75) is 20.8 Å². The Hall–Kier alpha value is -3.38. The van der Waals surface area contributed by atoms with Gasteiger partial charge in [-0.05, 0) is 50.1 Å². The van der Waals surface area contributed by atoms with Gasteiger partial charge in [0.05, 0.1) is 17.5 Å². The van der Waals surface area contributed by atoms with E-state index in [-0.39, 0.29) is 6.03 Å². The molecule has 0 aliphatic rings. The monoisotopic (exact) mass is 406 g/mol. The number of carbonyl (C=O) groups is 1. The number of benzene rings is 2. The molecule has 0 fully saturated rings. The Balaban J connectivity index is 1.75. The van der Waals surface area contributed by atoms with Gasteiger partial charge in [0.25, 0.3) is 0 Å². The summed E-state index contributed by atoms with van der Waals surface area (Å²) in [5, 5.41) is 12.0. The van der Waals surface area contributed by atoms with E-state index in [1.807, 2.05) is 51.1 Å². The molecule has 146 valence electrons. The lowest BCUT2D eigenvalue weighted by Crippen LogP contribution is -2.22. The van der Waals surface area contributed by atoms with Gasteiger partial charge in [-0.3, -0.25) is 0 Å². The highest BCUT2D eigenvalue weighted by molar-refractivity contribution is 6.30. The molecule has 0 aliphatic carbocycles. The van der Waals surface area contributed by atoms with Gasteiger partial charge in [-0.25, -0.2) is 4.79 Å². The summed E-state index contributed by atoms with van der Waals surface area (Å²) in [5.41, 5.74) is 5.51. The average Bonchev–Trinajstić information content (AvgIpc) is 3.31. The lowest BCUT2D eigenvalue weighted by molar-refractivity contribution is 0.251. The highest BCUT2D eigenvalue weighted by Crippen LogP contribution is 2.34. The fourth-order valence-corrected chi connectivity index (χ4v) is 3.43. The lowest BCUT2D eigenvalue weighted by atomic mass is 10.0. The summed E-state index contributed by atoms with van der Waals surface area (Å²) in [5.74, 6) is 0.594. The number of hydrogen-bond acceptors (Lipinski definition) is 4. The topological polar surface area (TPSA) is 73.0 Å². The van der Waals surface area contributed by atoms with E-state index in [0.717, 1.165) is 22.4 Å². The van der Waals surface area contributed by atoms with E-state index in [4.69, 9.17) is 16.1 Å². The molecule has 0 unspecified atom stereocenters. The number of carbonyl (C=O) groups excluding carboxylic acids is 1. The maximum Gasteiger partial charge on any atom is 0.347 e. The summed E-state index contributed by atoms with van der Waals surface area (Å²) < 4.78 is 6.76. The van der Waals surface area contributed by atoms with Crippen molar-refractivity contribution in [2.24, 2.45) is 0 Å². The Labute approximate surface area is 173 Å². The highest BCUT2D eigenvalue weighted by atomic mass is 35.5. The molecule has 0 spiro atoms. The maximum absolute atomic E-state index is 13.0. The lowest BCUT2D eigenvalue weighted by Gasteiger charge is -2.13. The van der Waals surface area contributed by atoms with Gasteiger partial charge >= 0.3 is 6.03 Å². The Morgan fingerprint density at radius 2 is 1.72 bits per heavy atom. The van der Waals surface area contributed by atoms with Crippen LogP contribution >= 0.6 is 11.6 Å². The van der Waals surface area contributed by atoms with Gasteiger partial charge < -0.3 is 9.84 Å². The molecule has 6 nitrogen and oxygen atoms in total. The Kier molecular flexibility index (Phi) is 4.94. The highest BCUT2D eigenvalue weighted by Gasteiger charge is 2.23. The second-order valence-corrected chi connectivity index (χ2v) is 7.23. The van der Waals surface area contributed by atoms with Crippen LogP contribution in [0.2, 0.25) is 5.02 Å². The van der Waals surface area contributed by atoms with Crippen molar-refractivity contribution in [3.05, 3.63) is 76.6 Å². The summed E-state index contributed by atoms with van der Waals surface area (Å²) in [7, 11) is 0. The zero-order valence-electron chi connectivity index (χ0n) is 16.2. The Bertz CT molecular complexity index is 1170. The third kappa shape index (κ3) is 3.54. The first-order valence-corrected chi connectivity index (χ1v) is 9.47. The van der Waals surface area contributed by atoms with E-state index in [1.54, 1.807) is 24.4 Å². The van der Waals surface area contributed by atoms with E-state index in [9.17, 15) is 4.79 Å². The molecule has 29 heavy (non-hydrogen) atoms. The van der Waals surface area contributed by atoms with Crippen molar-refractivity contribution >= 4 is 23.3 Å². The number of rotatable bonds is 3. The van der Waals surface area contributed by atoms with Crippen molar-refractivity contribution in [1.29, 1.82) is 0 Å². The van der Waals surface area contributed by atoms with E-state index in [1.165, 1.54) is 4.68 Å². The summed E-state index contributed by atoms with van der Waals surface area (Å²) >= 11 is 6.00. The molecule has 2 aromatic carbocycles. The molecule has 0 saturated heterocycles. The second-order valence-electron chi connectivity index (χ2n) is 6.79. The normalized spacial score (nSPS) is 10.9. The molecular formula is C22H19ClN4O2. The van der Waals surface area contributed by atoms with Gasteiger partial charge in [0, 0.05) is 16.3 Å². The van der Waals surface area contributed by atoms with Crippen molar-refractivity contribution in [2.75, 3.05) is 5.32 Å². The minimum absolute atomic E-state index is 0.356. The van der Waals surface area contributed by atoms with Gasteiger partial charge in [-0.1, -0.05) is 47.1 Å². The van der Waals surface area contributed by atoms with Crippen LogP contribution in [0.1, 0.15) is 16.9 Å². The van der Waals surface area contributed by atoms with E-state index >= 15 is 0 Å². The van der Waals surface area contributed by atoms with Gasteiger partial charge in [-0.15, -0.1) is 0 Å². The van der Waals surface area contributed by atoms with Crippen LogP contribution in [-0.2, 0) is 0 Å². The van der Waals surface area contributed by atoms with E-state index in [2.05, 4.69) is 15.6 Å². The van der Waals surface area contributed by atoms with Gasteiger partial charge in [-0.2, -0.15) is 9.78 Å². The number of hydrogen-bond donors (Lipinski definition) is 1. The summed E-state index contributed by atoms with van der Waals surface area (Å²) in [6.07, 6.45) is 1.58. The molecule has 4 aromatic rings. The molecule has 0 bridgehead atoms. The number of anilines is 1. The average molecular weight is 407 g/mol. The summed E-state index contributed by atoms with van der Waals surface area (Å²) in [4.78, 5) is 13.0. The van der Waals surface area contributed by atoms with Crippen molar-refractivity contribution in [3.8, 4) is 22.5 Å². The fourth-order valence-electron chi connectivity index (χ4n) is 3.30.